The minimum Gasteiger partial charge on any atom is -0.466 e. The molecular weight excluding hydrogens is 320 g/mol. The highest BCUT2D eigenvalue weighted by Gasteiger charge is 2.28. The van der Waals surface area contributed by atoms with Crippen LogP contribution >= 0.6 is 11.6 Å². The van der Waals surface area contributed by atoms with Crippen molar-refractivity contribution in [2.75, 3.05) is 11.9 Å². The van der Waals surface area contributed by atoms with Crippen LogP contribution in [-0.4, -0.2) is 23.5 Å². The van der Waals surface area contributed by atoms with Gasteiger partial charge in [-0.3, -0.25) is 9.59 Å². The Morgan fingerprint density at radius 3 is 2.65 bits per heavy atom. The third-order valence-corrected chi connectivity index (χ3v) is 3.69. The lowest BCUT2D eigenvalue weighted by Gasteiger charge is -2.20. The molecule has 0 aliphatic rings. The smallest absolute Gasteiger partial charge is 0.313 e. The van der Waals surface area contributed by atoms with Crippen LogP contribution in [0.1, 0.15) is 18.2 Å². The van der Waals surface area contributed by atoms with Gasteiger partial charge < -0.3 is 20.2 Å². The summed E-state index contributed by atoms with van der Waals surface area (Å²) in [7, 11) is 0. The summed E-state index contributed by atoms with van der Waals surface area (Å²) in [5, 5.41) is 15.5. The number of furan rings is 1. The molecule has 0 radical (unpaired) electrons. The summed E-state index contributed by atoms with van der Waals surface area (Å²) >= 11 is 5.96. The molecule has 6 nitrogen and oxygen atoms in total. The molecule has 1 heterocycles. The summed E-state index contributed by atoms with van der Waals surface area (Å²) in [6.07, 6.45) is 1.42. The second-order valence-electron chi connectivity index (χ2n) is 5.35. The normalized spacial score (nSPS) is 13.2. The SMILES string of the molecule is Cc1ccc(NC(=O)C(=O)NC[C@](C)(O)c2ccco2)cc1Cl. The van der Waals surface area contributed by atoms with E-state index in [4.69, 9.17) is 16.0 Å². The van der Waals surface area contributed by atoms with Crippen LogP contribution < -0.4 is 10.6 Å². The lowest BCUT2D eigenvalue weighted by molar-refractivity contribution is -0.136. The fraction of sp³-hybridized carbons (Fsp3) is 0.250. The van der Waals surface area contributed by atoms with Crippen LogP contribution in [0.25, 0.3) is 0 Å². The third-order valence-electron chi connectivity index (χ3n) is 3.28. The largest absolute Gasteiger partial charge is 0.466 e. The van der Waals surface area contributed by atoms with Crippen molar-refractivity contribution in [3.8, 4) is 0 Å². The van der Waals surface area contributed by atoms with E-state index in [2.05, 4.69) is 10.6 Å². The molecule has 122 valence electrons. The lowest BCUT2D eigenvalue weighted by Crippen LogP contribution is -2.43. The number of nitrogens with one attached hydrogen (secondary N) is 2. The molecule has 1 aromatic heterocycles. The summed E-state index contributed by atoms with van der Waals surface area (Å²) in [4.78, 5) is 23.7. The van der Waals surface area contributed by atoms with Gasteiger partial charge in [-0.05, 0) is 43.7 Å². The predicted molar refractivity (Wildman–Crippen MR) is 86.1 cm³/mol. The van der Waals surface area contributed by atoms with E-state index in [1.54, 1.807) is 30.3 Å². The molecule has 2 aromatic rings. The van der Waals surface area contributed by atoms with Gasteiger partial charge in [0.1, 0.15) is 11.4 Å². The van der Waals surface area contributed by atoms with Crippen molar-refractivity contribution in [1.29, 1.82) is 0 Å². The first-order valence-corrected chi connectivity index (χ1v) is 7.29. The highest BCUT2D eigenvalue weighted by molar-refractivity contribution is 6.39. The average molecular weight is 337 g/mol. The molecule has 0 fully saturated rings. The van der Waals surface area contributed by atoms with Crippen molar-refractivity contribution < 1.29 is 19.1 Å². The van der Waals surface area contributed by atoms with Crippen molar-refractivity contribution in [2.45, 2.75) is 19.4 Å². The fourth-order valence-electron chi connectivity index (χ4n) is 1.86. The van der Waals surface area contributed by atoms with Gasteiger partial charge in [0.05, 0.1) is 12.8 Å². The Bertz CT molecular complexity index is 711. The number of carbonyl (C=O) groups is 2. The zero-order valence-electron chi connectivity index (χ0n) is 12.7. The fourth-order valence-corrected chi connectivity index (χ4v) is 2.04. The van der Waals surface area contributed by atoms with Gasteiger partial charge in [-0.25, -0.2) is 0 Å². The van der Waals surface area contributed by atoms with E-state index >= 15 is 0 Å². The first-order chi connectivity index (χ1) is 10.8. The van der Waals surface area contributed by atoms with E-state index in [1.807, 2.05) is 6.92 Å². The van der Waals surface area contributed by atoms with Crippen molar-refractivity contribution in [3.63, 3.8) is 0 Å². The lowest BCUT2D eigenvalue weighted by atomic mass is 10.0. The molecule has 1 aromatic carbocycles. The van der Waals surface area contributed by atoms with Crippen molar-refractivity contribution in [2.24, 2.45) is 0 Å². The minimum atomic E-state index is -1.41. The summed E-state index contributed by atoms with van der Waals surface area (Å²) < 4.78 is 5.09. The van der Waals surface area contributed by atoms with Gasteiger partial charge in [0.15, 0.2) is 0 Å². The highest BCUT2D eigenvalue weighted by Crippen LogP contribution is 2.21. The number of rotatable bonds is 4. The van der Waals surface area contributed by atoms with E-state index in [9.17, 15) is 14.7 Å². The predicted octanol–water partition coefficient (Wildman–Crippen LogP) is 2.20. The zero-order chi connectivity index (χ0) is 17.0. The number of hydrogen-bond donors (Lipinski definition) is 3. The van der Waals surface area contributed by atoms with E-state index in [0.717, 1.165) is 5.56 Å². The second-order valence-corrected chi connectivity index (χ2v) is 5.76. The zero-order valence-corrected chi connectivity index (χ0v) is 13.5. The number of aliphatic hydroxyl groups is 1. The maximum absolute atomic E-state index is 11.8. The molecule has 0 aliphatic heterocycles. The maximum atomic E-state index is 11.8. The number of carbonyl (C=O) groups excluding carboxylic acids is 2. The van der Waals surface area contributed by atoms with Crippen molar-refractivity contribution >= 4 is 29.1 Å². The Morgan fingerprint density at radius 1 is 1.30 bits per heavy atom. The number of halogens is 1. The molecule has 23 heavy (non-hydrogen) atoms. The maximum Gasteiger partial charge on any atom is 0.313 e. The molecule has 0 aliphatic carbocycles. The summed E-state index contributed by atoms with van der Waals surface area (Å²) in [6.45, 7) is 3.14. The first-order valence-electron chi connectivity index (χ1n) is 6.91. The topological polar surface area (TPSA) is 91.6 Å². The van der Waals surface area contributed by atoms with Crippen molar-refractivity contribution in [1.82, 2.24) is 5.32 Å². The average Bonchev–Trinajstić information content (AvgIpc) is 3.04. The highest BCUT2D eigenvalue weighted by atomic mass is 35.5. The number of hydrogen-bond acceptors (Lipinski definition) is 4. The van der Waals surface area contributed by atoms with Gasteiger partial charge in [0, 0.05) is 10.7 Å². The molecule has 0 saturated carbocycles. The molecule has 0 saturated heterocycles. The van der Waals surface area contributed by atoms with Gasteiger partial charge in [0.2, 0.25) is 0 Å². The molecule has 2 rings (SSSR count). The first kappa shape index (κ1) is 17.1. The van der Waals surface area contributed by atoms with Crippen LogP contribution in [0.15, 0.2) is 41.0 Å². The van der Waals surface area contributed by atoms with Crippen LogP contribution in [-0.2, 0) is 15.2 Å². The minimum absolute atomic E-state index is 0.165. The van der Waals surface area contributed by atoms with Gasteiger partial charge in [-0.15, -0.1) is 0 Å². The quantitative estimate of drug-likeness (QED) is 0.746. The van der Waals surface area contributed by atoms with Crippen LogP contribution in [0.3, 0.4) is 0 Å². The van der Waals surface area contributed by atoms with Crippen LogP contribution in [0, 0.1) is 6.92 Å². The third kappa shape index (κ3) is 4.34. The van der Waals surface area contributed by atoms with E-state index in [-0.39, 0.29) is 6.54 Å². The number of anilines is 1. The number of benzene rings is 1. The molecule has 0 unspecified atom stereocenters. The van der Waals surface area contributed by atoms with Gasteiger partial charge in [-0.1, -0.05) is 17.7 Å². The molecule has 7 heteroatoms. The molecule has 0 bridgehead atoms. The standard InChI is InChI=1S/C16H17ClN2O4/c1-10-5-6-11(8-12(10)17)19-15(21)14(20)18-9-16(2,22)13-4-3-7-23-13/h3-8,22H,9H2,1-2H3,(H,18,20)(H,19,21)/t16-/m0/s1. The Labute approximate surface area is 138 Å². The Kier molecular flexibility index (Phi) is 5.08. The Balaban J connectivity index is 1.92. The number of aryl methyl sites for hydroxylation is 1. The Morgan fingerprint density at radius 2 is 2.04 bits per heavy atom. The molecule has 1 atom stereocenters. The van der Waals surface area contributed by atoms with Gasteiger partial charge in [-0.2, -0.15) is 0 Å². The summed E-state index contributed by atoms with van der Waals surface area (Å²) in [5.41, 5.74) is -0.130. The van der Waals surface area contributed by atoms with Gasteiger partial charge in [0.25, 0.3) is 0 Å². The van der Waals surface area contributed by atoms with Crippen LogP contribution in [0.4, 0.5) is 5.69 Å². The molecule has 0 spiro atoms. The van der Waals surface area contributed by atoms with Crippen LogP contribution in [0.2, 0.25) is 5.02 Å². The van der Waals surface area contributed by atoms with E-state index < -0.39 is 17.4 Å². The molecule has 2 amide bonds. The molecular formula is C16H17ClN2O4. The van der Waals surface area contributed by atoms with E-state index in [0.29, 0.717) is 16.5 Å². The second kappa shape index (κ2) is 6.85. The van der Waals surface area contributed by atoms with Gasteiger partial charge >= 0.3 is 11.8 Å². The monoisotopic (exact) mass is 336 g/mol. The van der Waals surface area contributed by atoms with Crippen LogP contribution in [0.5, 0.6) is 0 Å². The van der Waals surface area contributed by atoms with Crippen molar-refractivity contribution in [3.05, 3.63) is 52.9 Å². The summed E-state index contributed by atoms with van der Waals surface area (Å²) in [6, 6.07) is 8.14. The Hall–Kier alpha value is -2.31. The van der Waals surface area contributed by atoms with E-state index in [1.165, 1.54) is 13.2 Å². The number of amides is 2. The summed E-state index contributed by atoms with van der Waals surface area (Å²) in [5.74, 6) is -1.42. The molecule has 3 N–H and O–H groups in total.